The van der Waals surface area contributed by atoms with Gasteiger partial charge in [0, 0.05) is 5.56 Å². The molecule has 0 aliphatic heterocycles. The Morgan fingerprint density at radius 3 is 2.62 bits per heavy atom. The fraction of sp³-hybridized carbons (Fsp3) is 0.200. The van der Waals surface area contributed by atoms with Crippen LogP contribution in [0.15, 0.2) is 42.5 Å². The normalized spacial score (nSPS) is 11.7. The van der Waals surface area contributed by atoms with Crippen molar-refractivity contribution in [2.45, 2.75) is 19.4 Å². The molecule has 0 radical (unpaired) electrons. The number of fused-ring (bicyclic) bond motifs is 1. The van der Waals surface area contributed by atoms with E-state index in [1.165, 1.54) is 4.68 Å². The predicted molar refractivity (Wildman–Crippen MR) is 77.7 cm³/mol. The number of rotatable bonds is 3. The second kappa shape index (κ2) is 4.66. The Balaban J connectivity index is 2.26. The van der Waals surface area contributed by atoms with Gasteiger partial charge in [0.25, 0.3) is 0 Å². The molecule has 0 aliphatic carbocycles. The molecule has 1 aromatic heterocycles. The fourth-order valence-corrected chi connectivity index (χ4v) is 2.24. The molecule has 1 N–H and O–H groups in total. The number of carboxylic acid groups (broad SMARTS) is 1. The predicted octanol–water partition coefficient (Wildman–Crippen LogP) is 2.31. The number of hydrogen-bond acceptors (Lipinski definition) is 4. The van der Waals surface area contributed by atoms with E-state index in [0.29, 0.717) is 5.82 Å². The summed E-state index contributed by atoms with van der Waals surface area (Å²) in [5, 5.41) is 23.0. The van der Waals surface area contributed by atoms with Gasteiger partial charge in [-0.1, -0.05) is 42.5 Å². The van der Waals surface area contributed by atoms with E-state index in [1.54, 1.807) is 13.8 Å². The lowest BCUT2D eigenvalue weighted by atomic mass is 10.0. The molecule has 0 atom stereocenters. The molecule has 0 saturated heterocycles. The van der Waals surface area contributed by atoms with Crippen LogP contribution in [-0.2, 0) is 10.3 Å². The lowest BCUT2D eigenvalue weighted by Gasteiger charge is -2.20. The lowest BCUT2D eigenvalue weighted by Crippen LogP contribution is -2.37. The number of nitrogens with zero attached hydrogens (tertiary/aromatic N) is 4. The molecule has 0 fully saturated rings. The molecule has 3 aromatic rings. The third kappa shape index (κ3) is 2.05. The second-order valence-corrected chi connectivity index (χ2v) is 5.31. The van der Waals surface area contributed by atoms with Gasteiger partial charge in [0.05, 0.1) is 0 Å². The number of hydrogen-bond donors (Lipinski definition) is 1. The number of carbonyl (C=O) groups is 1. The molecule has 2 aromatic carbocycles. The van der Waals surface area contributed by atoms with Crippen molar-refractivity contribution < 1.29 is 9.90 Å². The van der Waals surface area contributed by atoms with Gasteiger partial charge < -0.3 is 5.11 Å². The van der Waals surface area contributed by atoms with E-state index in [4.69, 9.17) is 0 Å². The van der Waals surface area contributed by atoms with Crippen LogP contribution in [0.1, 0.15) is 13.8 Å². The van der Waals surface area contributed by atoms with Gasteiger partial charge >= 0.3 is 5.97 Å². The van der Waals surface area contributed by atoms with Crippen molar-refractivity contribution in [1.29, 1.82) is 0 Å². The summed E-state index contributed by atoms with van der Waals surface area (Å²) in [4.78, 5) is 11.5. The fourth-order valence-electron chi connectivity index (χ4n) is 2.24. The van der Waals surface area contributed by atoms with Gasteiger partial charge in [-0.25, -0.2) is 9.48 Å². The average molecular weight is 282 g/mol. The third-order valence-corrected chi connectivity index (χ3v) is 3.55. The van der Waals surface area contributed by atoms with E-state index >= 15 is 0 Å². The number of carboxylic acids is 1. The van der Waals surface area contributed by atoms with Crippen LogP contribution in [0.2, 0.25) is 0 Å². The van der Waals surface area contributed by atoms with Crippen LogP contribution in [0.25, 0.3) is 22.2 Å². The Hall–Kier alpha value is -2.76. The summed E-state index contributed by atoms with van der Waals surface area (Å²) in [7, 11) is 0. The van der Waals surface area contributed by atoms with Crippen molar-refractivity contribution in [3.63, 3.8) is 0 Å². The summed E-state index contributed by atoms with van der Waals surface area (Å²) in [5.74, 6) is -0.546. The summed E-state index contributed by atoms with van der Waals surface area (Å²) >= 11 is 0. The number of aromatic nitrogens is 4. The van der Waals surface area contributed by atoms with Crippen LogP contribution in [-0.4, -0.2) is 31.3 Å². The smallest absolute Gasteiger partial charge is 0.331 e. The van der Waals surface area contributed by atoms with Gasteiger partial charge in [-0.05, 0) is 35.0 Å². The summed E-state index contributed by atoms with van der Waals surface area (Å²) in [6.07, 6.45) is 0. The Kier molecular flexibility index (Phi) is 2.94. The molecule has 106 valence electrons. The average Bonchev–Trinajstić information content (AvgIpc) is 2.96. The van der Waals surface area contributed by atoms with Crippen LogP contribution >= 0.6 is 0 Å². The van der Waals surface area contributed by atoms with Gasteiger partial charge in [0.2, 0.25) is 0 Å². The molecular formula is C15H14N4O2. The van der Waals surface area contributed by atoms with Crippen molar-refractivity contribution >= 4 is 16.7 Å². The summed E-state index contributed by atoms with van der Waals surface area (Å²) in [5.41, 5.74) is -0.414. The first-order chi connectivity index (χ1) is 10.0. The zero-order valence-corrected chi connectivity index (χ0v) is 11.7. The standard InChI is InChI=1S/C15H14N4O2/c1-15(2,14(20)21)19-13(16-17-18-19)12-9-5-7-10-6-3-4-8-11(10)12/h3-9H,1-2H3,(H,20,21). The molecule has 0 aliphatic rings. The van der Waals surface area contributed by atoms with Crippen LogP contribution in [0.3, 0.4) is 0 Å². The zero-order valence-electron chi connectivity index (χ0n) is 11.7. The Morgan fingerprint density at radius 2 is 1.86 bits per heavy atom. The molecule has 6 heteroatoms. The van der Waals surface area contributed by atoms with E-state index in [-0.39, 0.29) is 0 Å². The molecule has 0 amide bonds. The minimum absolute atomic E-state index is 0.444. The lowest BCUT2D eigenvalue weighted by molar-refractivity contribution is -0.146. The molecule has 0 saturated carbocycles. The van der Waals surface area contributed by atoms with Gasteiger partial charge in [0.15, 0.2) is 11.4 Å². The van der Waals surface area contributed by atoms with Gasteiger partial charge in [-0.15, -0.1) is 5.10 Å². The molecule has 1 heterocycles. The van der Waals surface area contributed by atoms with E-state index < -0.39 is 11.5 Å². The molecule has 0 unspecified atom stereocenters. The minimum Gasteiger partial charge on any atom is -0.479 e. The summed E-state index contributed by atoms with van der Waals surface area (Å²) < 4.78 is 1.34. The monoisotopic (exact) mass is 282 g/mol. The van der Waals surface area contributed by atoms with Crippen molar-refractivity contribution in [1.82, 2.24) is 20.2 Å². The van der Waals surface area contributed by atoms with Crippen molar-refractivity contribution in [2.75, 3.05) is 0 Å². The highest BCUT2D eigenvalue weighted by molar-refractivity contribution is 5.95. The maximum absolute atomic E-state index is 11.5. The van der Waals surface area contributed by atoms with Crippen molar-refractivity contribution in [2.24, 2.45) is 0 Å². The van der Waals surface area contributed by atoms with E-state index in [0.717, 1.165) is 16.3 Å². The topological polar surface area (TPSA) is 80.9 Å². The van der Waals surface area contributed by atoms with Gasteiger partial charge in [-0.2, -0.15) is 0 Å². The number of benzene rings is 2. The first-order valence-corrected chi connectivity index (χ1v) is 6.52. The third-order valence-electron chi connectivity index (χ3n) is 3.55. The van der Waals surface area contributed by atoms with Gasteiger partial charge in [-0.3, -0.25) is 0 Å². The summed E-state index contributed by atoms with van der Waals surface area (Å²) in [6.45, 7) is 3.14. The molecule has 0 bridgehead atoms. The zero-order chi connectivity index (χ0) is 15.0. The number of tetrazole rings is 1. The SMILES string of the molecule is CC(C)(C(=O)O)n1nnnc1-c1cccc2ccccc12. The first-order valence-electron chi connectivity index (χ1n) is 6.52. The quantitative estimate of drug-likeness (QED) is 0.797. The molecule has 0 spiro atoms. The minimum atomic E-state index is -1.23. The van der Waals surface area contributed by atoms with E-state index in [2.05, 4.69) is 15.5 Å². The second-order valence-electron chi connectivity index (χ2n) is 5.31. The molecular weight excluding hydrogens is 268 g/mol. The van der Waals surface area contributed by atoms with Gasteiger partial charge in [0.1, 0.15) is 0 Å². The maximum Gasteiger partial charge on any atom is 0.331 e. The van der Waals surface area contributed by atoms with Crippen molar-refractivity contribution in [3.8, 4) is 11.4 Å². The van der Waals surface area contributed by atoms with Crippen LogP contribution < -0.4 is 0 Å². The highest BCUT2D eigenvalue weighted by Crippen LogP contribution is 2.29. The maximum atomic E-state index is 11.5. The Morgan fingerprint density at radius 1 is 1.14 bits per heavy atom. The number of aliphatic carboxylic acids is 1. The Labute approximate surface area is 121 Å². The molecule has 3 rings (SSSR count). The highest BCUT2D eigenvalue weighted by Gasteiger charge is 2.34. The van der Waals surface area contributed by atoms with Crippen molar-refractivity contribution in [3.05, 3.63) is 42.5 Å². The van der Waals surface area contributed by atoms with Crippen LogP contribution in [0.5, 0.6) is 0 Å². The van der Waals surface area contributed by atoms with E-state index in [1.807, 2.05) is 42.5 Å². The van der Waals surface area contributed by atoms with Crippen LogP contribution in [0.4, 0.5) is 0 Å². The summed E-state index contributed by atoms with van der Waals surface area (Å²) in [6, 6.07) is 13.6. The highest BCUT2D eigenvalue weighted by atomic mass is 16.4. The Bertz CT molecular complexity index is 818. The first kappa shape index (κ1) is 13.2. The van der Waals surface area contributed by atoms with E-state index in [9.17, 15) is 9.90 Å². The largest absolute Gasteiger partial charge is 0.479 e. The molecule has 21 heavy (non-hydrogen) atoms. The van der Waals surface area contributed by atoms with Crippen LogP contribution in [0, 0.1) is 0 Å². The molecule has 6 nitrogen and oxygen atoms in total.